The fourth-order valence-electron chi connectivity index (χ4n) is 2.04. The third-order valence-corrected chi connectivity index (χ3v) is 3.02. The Labute approximate surface area is 105 Å². The summed E-state index contributed by atoms with van der Waals surface area (Å²) < 4.78 is 10.7. The number of nitrogens with zero attached hydrogens (tertiary/aromatic N) is 2. The Balaban J connectivity index is 1.83. The molecule has 1 aliphatic rings. The van der Waals surface area contributed by atoms with Crippen LogP contribution in [-0.2, 0) is 6.54 Å². The van der Waals surface area contributed by atoms with Crippen molar-refractivity contribution in [1.29, 1.82) is 0 Å². The SMILES string of the molecule is CCN(Cc1cnc[nH]1)c1ccc2c(c1)OCO2. The number of aromatic nitrogens is 2. The van der Waals surface area contributed by atoms with Gasteiger partial charge in [0.15, 0.2) is 11.5 Å². The topological polar surface area (TPSA) is 50.4 Å². The van der Waals surface area contributed by atoms with Crippen molar-refractivity contribution < 1.29 is 9.47 Å². The number of hydrogen-bond acceptors (Lipinski definition) is 4. The highest BCUT2D eigenvalue weighted by molar-refractivity contribution is 5.57. The van der Waals surface area contributed by atoms with E-state index >= 15 is 0 Å². The molecular weight excluding hydrogens is 230 g/mol. The van der Waals surface area contributed by atoms with Crippen LogP contribution in [0.25, 0.3) is 0 Å². The van der Waals surface area contributed by atoms with Gasteiger partial charge < -0.3 is 19.4 Å². The van der Waals surface area contributed by atoms with Crippen molar-refractivity contribution in [1.82, 2.24) is 9.97 Å². The van der Waals surface area contributed by atoms with Crippen LogP contribution in [-0.4, -0.2) is 23.3 Å². The summed E-state index contributed by atoms with van der Waals surface area (Å²) in [5, 5.41) is 0. The van der Waals surface area contributed by atoms with Gasteiger partial charge in [-0.15, -0.1) is 0 Å². The Morgan fingerprint density at radius 2 is 2.22 bits per heavy atom. The Kier molecular flexibility index (Phi) is 2.80. The highest BCUT2D eigenvalue weighted by Crippen LogP contribution is 2.35. The van der Waals surface area contributed by atoms with Crippen LogP contribution >= 0.6 is 0 Å². The summed E-state index contributed by atoms with van der Waals surface area (Å²) in [6, 6.07) is 6.02. The molecule has 2 heterocycles. The van der Waals surface area contributed by atoms with E-state index in [4.69, 9.17) is 9.47 Å². The lowest BCUT2D eigenvalue weighted by Gasteiger charge is -2.22. The maximum absolute atomic E-state index is 5.40. The number of H-pyrrole nitrogens is 1. The predicted octanol–water partition coefficient (Wildman–Crippen LogP) is 2.16. The molecule has 1 N–H and O–H groups in total. The molecule has 0 amide bonds. The van der Waals surface area contributed by atoms with Gasteiger partial charge in [-0.05, 0) is 19.1 Å². The van der Waals surface area contributed by atoms with Gasteiger partial charge in [-0.2, -0.15) is 0 Å². The van der Waals surface area contributed by atoms with Crippen LogP contribution in [0.15, 0.2) is 30.7 Å². The zero-order valence-corrected chi connectivity index (χ0v) is 10.2. The van der Waals surface area contributed by atoms with E-state index in [1.54, 1.807) is 6.33 Å². The highest BCUT2D eigenvalue weighted by atomic mass is 16.7. The number of rotatable bonds is 4. The normalized spacial score (nSPS) is 12.7. The summed E-state index contributed by atoms with van der Waals surface area (Å²) in [7, 11) is 0. The molecule has 0 fully saturated rings. The largest absolute Gasteiger partial charge is 0.454 e. The number of anilines is 1. The van der Waals surface area contributed by atoms with E-state index in [0.717, 1.165) is 36.0 Å². The first kappa shape index (κ1) is 11.0. The van der Waals surface area contributed by atoms with Gasteiger partial charge in [0.1, 0.15) is 0 Å². The maximum atomic E-state index is 5.40. The second-order valence-electron chi connectivity index (χ2n) is 4.13. The predicted molar refractivity (Wildman–Crippen MR) is 67.9 cm³/mol. The number of aromatic amines is 1. The Morgan fingerprint density at radius 1 is 1.33 bits per heavy atom. The number of benzene rings is 1. The molecule has 0 saturated carbocycles. The standard InChI is InChI=1S/C13H15N3O2/c1-2-16(7-10-6-14-8-15-10)11-3-4-12-13(5-11)18-9-17-12/h3-6,8H,2,7,9H2,1H3,(H,14,15). The first-order chi connectivity index (χ1) is 8.86. The van der Waals surface area contributed by atoms with Crippen molar-refractivity contribution >= 4 is 5.69 Å². The van der Waals surface area contributed by atoms with Crippen LogP contribution in [0.5, 0.6) is 11.5 Å². The molecule has 1 aliphatic heterocycles. The zero-order valence-electron chi connectivity index (χ0n) is 10.2. The number of ether oxygens (including phenoxy) is 2. The molecule has 1 aromatic heterocycles. The molecule has 0 aliphatic carbocycles. The Hall–Kier alpha value is -2.17. The van der Waals surface area contributed by atoms with Crippen LogP contribution in [0.1, 0.15) is 12.6 Å². The van der Waals surface area contributed by atoms with E-state index < -0.39 is 0 Å². The molecule has 0 atom stereocenters. The van der Waals surface area contributed by atoms with E-state index in [0.29, 0.717) is 6.79 Å². The zero-order chi connectivity index (χ0) is 12.4. The third-order valence-electron chi connectivity index (χ3n) is 3.02. The first-order valence-electron chi connectivity index (χ1n) is 5.98. The fourth-order valence-corrected chi connectivity index (χ4v) is 2.04. The molecule has 0 saturated heterocycles. The van der Waals surface area contributed by atoms with E-state index in [1.165, 1.54) is 0 Å². The van der Waals surface area contributed by atoms with Gasteiger partial charge in [0.05, 0.1) is 18.6 Å². The third kappa shape index (κ3) is 1.99. The van der Waals surface area contributed by atoms with Gasteiger partial charge in [-0.25, -0.2) is 4.98 Å². The van der Waals surface area contributed by atoms with Gasteiger partial charge in [-0.3, -0.25) is 0 Å². The van der Waals surface area contributed by atoms with E-state index in [-0.39, 0.29) is 0 Å². The molecule has 2 aromatic rings. The number of fused-ring (bicyclic) bond motifs is 1. The molecular formula is C13H15N3O2. The van der Waals surface area contributed by atoms with E-state index in [2.05, 4.69) is 21.8 Å². The minimum absolute atomic E-state index is 0.311. The van der Waals surface area contributed by atoms with Gasteiger partial charge in [-0.1, -0.05) is 0 Å². The molecule has 5 nitrogen and oxygen atoms in total. The van der Waals surface area contributed by atoms with Crippen molar-refractivity contribution in [3.8, 4) is 11.5 Å². The van der Waals surface area contributed by atoms with E-state index in [9.17, 15) is 0 Å². The molecule has 18 heavy (non-hydrogen) atoms. The maximum Gasteiger partial charge on any atom is 0.231 e. The molecule has 0 radical (unpaired) electrons. The summed E-state index contributed by atoms with van der Waals surface area (Å²) in [5.41, 5.74) is 2.21. The smallest absolute Gasteiger partial charge is 0.231 e. The first-order valence-corrected chi connectivity index (χ1v) is 5.98. The van der Waals surface area contributed by atoms with Crippen molar-refractivity contribution in [2.45, 2.75) is 13.5 Å². The van der Waals surface area contributed by atoms with Crippen LogP contribution in [0.3, 0.4) is 0 Å². The molecule has 3 rings (SSSR count). The highest BCUT2D eigenvalue weighted by Gasteiger charge is 2.15. The van der Waals surface area contributed by atoms with Crippen molar-refractivity contribution in [2.24, 2.45) is 0 Å². The van der Waals surface area contributed by atoms with Gasteiger partial charge in [0, 0.05) is 24.5 Å². The minimum Gasteiger partial charge on any atom is -0.454 e. The number of imidazole rings is 1. The lowest BCUT2D eigenvalue weighted by atomic mass is 10.2. The average Bonchev–Trinajstić information content (AvgIpc) is 3.06. The van der Waals surface area contributed by atoms with Gasteiger partial charge in [0.25, 0.3) is 0 Å². The average molecular weight is 245 g/mol. The van der Waals surface area contributed by atoms with Crippen LogP contribution in [0.2, 0.25) is 0 Å². The second kappa shape index (κ2) is 4.60. The molecule has 0 bridgehead atoms. The Bertz CT molecular complexity index is 525. The monoisotopic (exact) mass is 245 g/mol. The summed E-state index contributed by atoms with van der Waals surface area (Å²) in [6.45, 7) is 4.15. The van der Waals surface area contributed by atoms with Crippen LogP contribution in [0, 0.1) is 0 Å². The fraction of sp³-hybridized carbons (Fsp3) is 0.308. The lowest BCUT2D eigenvalue weighted by molar-refractivity contribution is 0.174. The molecule has 5 heteroatoms. The van der Waals surface area contributed by atoms with Crippen LogP contribution in [0.4, 0.5) is 5.69 Å². The van der Waals surface area contributed by atoms with Crippen molar-refractivity contribution in [3.05, 3.63) is 36.4 Å². The summed E-state index contributed by atoms with van der Waals surface area (Å²) in [4.78, 5) is 9.39. The van der Waals surface area contributed by atoms with Gasteiger partial charge in [0.2, 0.25) is 6.79 Å². The quantitative estimate of drug-likeness (QED) is 0.896. The number of nitrogens with one attached hydrogen (secondary N) is 1. The summed E-state index contributed by atoms with van der Waals surface area (Å²) in [6.07, 6.45) is 3.54. The minimum atomic E-state index is 0.311. The summed E-state index contributed by atoms with van der Waals surface area (Å²) >= 11 is 0. The molecule has 0 spiro atoms. The summed E-state index contributed by atoms with van der Waals surface area (Å²) in [5.74, 6) is 1.63. The lowest BCUT2D eigenvalue weighted by Crippen LogP contribution is -2.22. The van der Waals surface area contributed by atoms with Crippen LogP contribution < -0.4 is 14.4 Å². The molecule has 1 aromatic carbocycles. The van der Waals surface area contributed by atoms with Crippen molar-refractivity contribution in [2.75, 3.05) is 18.2 Å². The van der Waals surface area contributed by atoms with Gasteiger partial charge >= 0.3 is 0 Å². The van der Waals surface area contributed by atoms with Crippen molar-refractivity contribution in [3.63, 3.8) is 0 Å². The molecule has 94 valence electrons. The molecule has 0 unspecified atom stereocenters. The number of hydrogen-bond donors (Lipinski definition) is 1. The second-order valence-corrected chi connectivity index (χ2v) is 4.13. The van der Waals surface area contributed by atoms with E-state index in [1.807, 2.05) is 24.4 Å². The Morgan fingerprint density at radius 3 is 3.00 bits per heavy atom.